The van der Waals surface area contributed by atoms with Crippen LogP contribution in [0.25, 0.3) is 0 Å². The summed E-state index contributed by atoms with van der Waals surface area (Å²) in [6, 6.07) is 15.3. The molecule has 2 aromatic carbocycles. The van der Waals surface area contributed by atoms with E-state index in [4.69, 9.17) is 20.0 Å². The van der Waals surface area contributed by atoms with Crippen LogP contribution in [0.2, 0.25) is 0 Å². The number of benzene rings is 2. The normalized spacial score (nSPS) is 10.8. The standard InChI is InChI=1S/C18H15N3O3/c1-12(18(22)21-15-5-3-4-13(8-15)10-19)24-16-7-6-14(11-20)9-17(16)23-2/h3-9,12H,1-2H3,(H,21,22). The number of hydrogen-bond acceptors (Lipinski definition) is 5. The monoisotopic (exact) mass is 321 g/mol. The predicted molar refractivity (Wildman–Crippen MR) is 87.6 cm³/mol. The number of nitrogens with one attached hydrogen (secondary N) is 1. The van der Waals surface area contributed by atoms with E-state index in [1.54, 1.807) is 43.3 Å². The number of ether oxygens (including phenoxy) is 2. The Morgan fingerprint density at radius 3 is 2.46 bits per heavy atom. The first-order valence-electron chi connectivity index (χ1n) is 7.13. The zero-order valence-electron chi connectivity index (χ0n) is 13.2. The number of carbonyl (C=O) groups is 1. The molecular formula is C18H15N3O3. The van der Waals surface area contributed by atoms with Crippen LogP contribution in [0.1, 0.15) is 18.1 Å². The number of amides is 1. The summed E-state index contributed by atoms with van der Waals surface area (Å²) in [6.07, 6.45) is -0.794. The molecule has 120 valence electrons. The van der Waals surface area contributed by atoms with Crippen molar-refractivity contribution in [3.63, 3.8) is 0 Å². The minimum atomic E-state index is -0.794. The Balaban J connectivity index is 2.09. The molecule has 0 heterocycles. The average Bonchev–Trinajstić information content (AvgIpc) is 2.62. The van der Waals surface area contributed by atoms with Crippen molar-refractivity contribution in [1.29, 1.82) is 10.5 Å². The fraction of sp³-hybridized carbons (Fsp3) is 0.167. The van der Waals surface area contributed by atoms with Gasteiger partial charge in [0, 0.05) is 11.8 Å². The van der Waals surface area contributed by atoms with Crippen LogP contribution in [-0.4, -0.2) is 19.1 Å². The van der Waals surface area contributed by atoms with Gasteiger partial charge in [-0.1, -0.05) is 6.07 Å². The highest BCUT2D eigenvalue weighted by Gasteiger charge is 2.17. The molecule has 0 aliphatic carbocycles. The summed E-state index contributed by atoms with van der Waals surface area (Å²) in [5, 5.41) is 20.5. The highest BCUT2D eigenvalue weighted by molar-refractivity contribution is 5.94. The van der Waals surface area contributed by atoms with E-state index in [2.05, 4.69) is 5.32 Å². The second-order valence-corrected chi connectivity index (χ2v) is 4.92. The van der Waals surface area contributed by atoms with E-state index >= 15 is 0 Å². The van der Waals surface area contributed by atoms with Crippen LogP contribution >= 0.6 is 0 Å². The first-order chi connectivity index (χ1) is 11.6. The Labute approximate surface area is 139 Å². The van der Waals surface area contributed by atoms with Gasteiger partial charge in [0.1, 0.15) is 0 Å². The lowest BCUT2D eigenvalue weighted by molar-refractivity contribution is -0.122. The number of carbonyl (C=O) groups excluding carboxylic acids is 1. The quantitative estimate of drug-likeness (QED) is 0.913. The van der Waals surface area contributed by atoms with Gasteiger partial charge in [-0.15, -0.1) is 0 Å². The molecule has 0 spiro atoms. The van der Waals surface area contributed by atoms with E-state index in [1.165, 1.54) is 13.2 Å². The molecular weight excluding hydrogens is 306 g/mol. The lowest BCUT2D eigenvalue weighted by Crippen LogP contribution is -2.30. The van der Waals surface area contributed by atoms with Crippen molar-refractivity contribution in [2.75, 3.05) is 12.4 Å². The van der Waals surface area contributed by atoms with Crippen LogP contribution in [-0.2, 0) is 4.79 Å². The van der Waals surface area contributed by atoms with Crippen LogP contribution in [0.15, 0.2) is 42.5 Å². The van der Waals surface area contributed by atoms with E-state index in [-0.39, 0.29) is 5.91 Å². The van der Waals surface area contributed by atoms with E-state index in [0.29, 0.717) is 28.3 Å². The van der Waals surface area contributed by atoms with Gasteiger partial charge in [-0.2, -0.15) is 10.5 Å². The summed E-state index contributed by atoms with van der Waals surface area (Å²) >= 11 is 0. The zero-order chi connectivity index (χ0) is 17.5. The van der Waals surface area contributed by atoms with Crippen molar-refractivity contribution in [2.24, 2.45) is 0 Å². The Hall–Kier alpha value is -3.51. The lowest BCUT2D eigenvalue weighted by Gasteiger charge is -2.17. The van der Waals surface area contributed by atoms with Gasteiger partial charge in [0.2, 0.25) is 0 Å². The summed E-state index contributed by atoms with van der Waals surface area (Å²) in [5.41, 5.74) is 1.40. The first-order valence-corrected chi connectivity index (χ1v) is 7.13. The molecule has 0 radical (unpaired) electrons. The molecule has 2 aromatic rings. The number of nitriles is 2. The van der Waals surface area contributed by atoms with Gasteiger partial charge < -0.3 is 14.8 Å². The van der Waals surface area contributed by atoms with Crippen LogP contribution in [0, 0.1) is 22.7 Å². The molecule has 2 rings (SSSR count). The Morgan fingerprint density at radius 1 is 1.08 bits per heavy atom. The molecule has 6 nitrogen and oxygen atoms in total. The fourth-order valence-electron chi connectivity index (χ4n) is 1.99. The molecule has 24 heavy (non-hydrogen) atoms. The van der Waals surface area contributed by atoms with Gasteiger partial charge in [0.25, 0.3) is 5.91 Å². The van der Waals surface area contributed by atoms with Gasteiger partial charge in [-0.25, -0.2) is 0 Å². The third kappa shape index (κ3) is 4.02. The number of methoxy groups -OCH3 is 1. The molecule has 0 aromatic heterocycles. The molecule has 0 bridgehead atoms. The fourth-order valence-corrected chi connectivity index (χ4v) is 1.99. The molecule has 1 amide bonds. The molecule has 0 aliphatic rings. The Bertz CT molecular complexity index is 834. The SMILES string of the molecule is COc1cc(C#N)ccc1OC(C)C(=O)Nc1cccc(C#N)c1. The largest absolute Gasteiger partial charge is 0.493 e. The molecule has 0 aliphatic heterocycles. The third-order valence-corrected chi connectivity index (χ3v) is 3.22. The highest BCUT2D eigenvalue weighted by atomic mass is 16.5. The maximum atomic E-state index is 12.2. The lowest BCUT2D eigenvalue weighted by atomic mass is 10.2. The van der Waals surface area contributed by atoms with E-state index in [9.17, 15) is 4.79 Å². The van der Waals surface area contributed by atoms with Crippen molar-refractivity contribution >= 4 is 11.6 Å². The van der Waals surface area contributed by atoms with Crippen molar-refractivity contribution in [1.82, 2.24) is 0 Å². The summed E-state index contributed by atoms with van der Waals surface area (Å²) in [7, 11) is 1.46. The highest BCUT2D eigenvalue weighted by Crippen LogP contribution is 2.28. The number of nitrogens with zero attached hydrogens (tertiary/aromatic N) is 2. The van der Waals surface area contributed by atoms with Crippen molar-refractivity contribution in [3.8, 4) is 23.6 Å². The van der Waals surface area contributed by atoms with Gasteiger partial charge in [-0.05, 0) is 37.3 Å². The van der Waals surface area contributed by atoms with Crippen molar-refractivity contribution in [3.05, 3.63) is 53.6 Å². The summed E-state index contributed by atoms with van der Waals surface area (Å²) in [4.78, 5) is 12.2. The van der Waals surface area contributed by atoms with Crippen LogP contribution in [0.4, 0.5) is 5.69 Å². The molecule has 0 fully saturated rings. The van der Waals surface area contributed by atoms with Crippen LogP contribution in [0.3, 0.4) is 0 Å². The second kappa shape index (κ2) is 7.66. The second-order valence-electron chi connectivity index (χ2n) is 4.92. The molecule has 6 heteroatoms. The van der Waals surface area contributed by atoms with Gasteiger partial charge in [0.05, 0.1) is 30.4 Å². The topological polar surface area (TPSA) is 95.1 Å². The van der Waals surface area contributed by atoms with Gasteiger partial charge >= 0.3 is 0 Å². The third-order valence-electron chi connectivity index (χ3n) is 3.22. The van der Waals surface area contributed by atoms with E-state index in [0.717, 1.165) is 0 Å². The van der Waals surface area contributed by atoms with Crippen molar-refractivity contribution in [2.45, 2.75) is 13.0 Å². The minimum absolute atomic E-state index is 0.364. The summed E-state index contributed by atoms with van der Waals surface area (Å²) in [6.45, 7) is 1.60. The summed E-state index contributed by atoms with van der Waals surface area (Å²) in [5.74, 6) is 0.376. The van der Waals surface area contributed by atoms with Crippen LogP contribution in [0.5, 0.6) is 11.5 Å². The van der Waals surface area contributed by atoms with Gasteiger partial charge in [0.15, 0.2) is 17.6 Å². The first kappa shape index (κ1) is 16.9. The number of anilines is 1. The number of hydrogen-bond donors (Lipinski definition) is 1. The van der Waals surface area contributed by atoms with Crippen LogP contribution < -0.4 is 14.8 Å². The maximum Gasteiger partial charge on any atom is 0.265 e. The van der Waals surface area contributed by atoms with Crippen molar-refractivity contribution < 1.29 is 14.3 Å². The average molecular weight is 321 g/mol. The molecule has 1 unspecified atom stereocenters. The molecule has 1 N–H and O–H groups in total. The number of rotatable bonds is 5. The Kier molecular flexibility index (Phi) is 5.38. The van der Waals surface area contributed by atoms with E-state index in [1.807, 2.05) is 12.1 Å². The molecule has 0 saturated heterocycles. The zero-order valence-corrected chi connectivity index (χ0v) is 13.2. The summed E-state index contributed by atoms with van der Waals surface area (Å²) < 4.78 is 10.8. The smallest absolute Gasteiger partial charge is 0.265 e. The van der Waals surface area contributed by atoms with Gasteiger partial charge in [-0.3, -0.25) is 4.79 Å². The molecule has 0 saturated carbocycles. The maximum absolute atomic E-state index is 12.2. The van der Waals surface area contributed by atoms with E-state index < -0.39 is 6.10 Å². The Morgan fingerprint density at radius 2 is 1.79 bits per heavy atom. The predicted octanol–water partition coefficient (Wildman–Crippen LogP) is 2.84. The minimum Gasteiger partial charge on any atom is -0.493 e. The molecule has 1 atom stereocenters.